The summed E-state index contributed by atoms with van der Waals surface area (Å²) in [4.78, 5) is 0. The number of ether oxygens (including phenoxy) is 1. The van der Waals surface area contributed by atoms with E-state index in [-0.39, 0.29) is 18.3 Å². The first-order valence-electron chi connectivity index (χ1n) is 5.91. The zero-order valence-electron chi connectivity index (χ0n) is 10.5. The highest BCUT2D eigenvalue weighted by molar-refractivity contribution is 6.30. The van der Waals surface area contributed by atoms with Gasteiger partial charge in [-0.3, -0.25) is 0 Å². The van der Waals surface area contributed by atoms with E-state index in [4.69, 9.17) is 27.9 Å². The highest BCUT2D eigenvalue weighted by Crippen LogP contribution is 2.20. The van der Waals surface area contributed by atoms with Gasteiger partial charge in [0.2, 0.25) is 0 Å². The number of rotatable bonds is 3. The van der Waals surface area contributed by atoms with Crippen LogP contribution in [0.25, 0.3) is 0 Å². The van der Waals surface area contributed by atoms with Crippen LogP contribution in [0.15, 0.2) is 42.5 Å². The highest BCUT2D eigenvalue weighted by Gasteiger charge is 2.06. The van der Waals surface area contributed by atoms with E-state index in [1.54, 1.807) is 12.1 Å². The van der Waals surface area contributed by atoms with Gasteiger partial charge in [-0.05, 0) is 30.3 Å². The molecule has 0 N–H and O–H groups in total. The minimum atomic E-state index is -0.348. The molecule has 2 rings (SSSR count). The minimum absolute atomic E-state index is 0.0892. The van der Waals surface area contributed by atoms with E-state index in [9.17, 15) is 4.39 Å². The van der Waals surface area contributed by atoms with Crippen LogP contribution < -0.4 is 4.74 Å². The Morgan fingerprint density at radius 3 is 2.75 bits per heavy atom. The van der Waals surface area contributed by atoms with Gasteiger partial charge in [-0.25, -0.2) is 4.39 Å². The van der Waals surface area contributed by atoms with Crippen LogP contribution in [0.2, 0.25) is 5.02 Å². The third kappa shape index (κ3) is 3.90. The van der Waals surface area contributed by atoms with E-state index in [1.165, 1.54) is 12.1 Å². The van der Waals surface area contributed by atoms with Crippen molar-refractivity contribution in [1.29, 1.82) is 0 Å². The second-order valence-electron chi connectivity index (χ2n) is 3.96. The van der Waals surface area contributed by atoms with Crippen LogP contribution in [0.4, 0.5) is 4.39 Å². The van der Waals surface area contributed by atoms with Gasteiger partial charge < -0.3 is 4.74 Å². The van der Waals surface area contributed by atoms with Crippen LogP contribution in [0, 0.1) is 17.7 Å². The molecule has 0 spiro atoms. The Labute approximate surface area is 127 Å². The van der Waals surface area contributed by atoms with Gasteiger partial charge >= 0.3 is 0 Å². The molecule has 0 bridgehead atoms. The van der Waals surface area contributed by atoms with E-state index in [2.05, 4.69) is 11.8 Å². The summed E-state index contributed by atoms with van der Waals surface area (Å²) in [6.45, 7) is 0.0892. The molecule has 1 nitrogen and oxygen atoms in total. The maximum absolute atomic E-state index is 13.6. The molecule has 0 unspecified atom stereocenters. The van der Waals surface area contributed by atoms with E-state index in [1.807, 2.05) is 18.2 Å². The summed E-state index contributed by atoms with van der Waals surface area (Å²) >= 11 is 11.4. The Kier molecular flexibility index (Phi) is 5.29. The molecule has 0 aromatic heterocycles. The van der Waals surface area contributed by atoms with Crippen molar-refractivity contribution in [3.8, 4) is 17.6 Å². The van der Waals surface area contributed by atoms with Crippen molar-refractivity contribution >= 4 is 23.2 Å². The Bertz CT molecular complexity index is 659. The Hall–Kier alpha value is -1.69. The highest BCUT2D eigenvalue weighted by atomic mass is 35.5. The molecular weight excluding hydrogens is 298 g/mol. The molecule has 0 fully saturated rings. The molecular formula is C16H11Cl2FO. The summed E-state index contributed by atoms with van der Waals surface area (Å²) in [6, 6.07) is 11.6. The van der Waals surface area contributed by atoms with Crippen LogP contribution in [-0.4, -0.2) is 5.88 Å². The van der Waals surface area contributed by atoms with Gasteiger partial charge in [-0.2, -0.15) is 0 Å². The average molecular weight is 309 g/mol. The number of hydrogen-bond donors (Lipinski definition) is 0. The molecule has 0 heterocycles. The monoisotopic (exact) mass is 308 g/mol. The largest absolute Gasteiger partial charge is 0.487 e. The van der Waals surface area contributed by atoms with Gasteiger partial charge in [0.25, 0.3) is 0 Å². The third-order valence-electron chi connectivity index (χ3n) is 2.57. The topological polar surface area (TPSA) is 9.23 Å². The SMILES string of the molecule is Fc1ccc(Cl)cc1COc1ccccc1C#CCCl. The summed E-state index contributed by atoms with van der Waals surface area (Å²) in [5, 5.41) is 0.472. The molecule has 0 atom stereocenters. The fourth-order valence-corrected chi connectivity index (χ4v) is 1.90. The molecule has 0 saturated heterocycles. The lowest BCUT2D eigenvalue weighted by atomic mass is 10.2. The van der Waals surface area contributed by atoms with E-state index in [0.717, 1.165) is 5.56 Å². The van der Waals surface area contributed by atoms with Crippen molar-refractivity contribution in [2.45, 2.75) is 6.61 Å². The number of para-hydroxylation sites is 1. The second-order valence-corrected chi connectivity index (χ2v) is 4.66. The second kappa shape index (κ2) is 7.19. The zero-order valence-corrected chi connectivity index (χ0v) is 12.0. The first kappa shape index (κ1) is 14.7. The van der Waals surface area contributed by atoms with Crippen LogP contribution >= 0.6 is 23.2 Å². The summed E-state index contributed by atoms with van der Waals surface area (Å²) < 4.78 is 19.2. The van der Waals surface area contributed by atoms with Gasteiger partial charge in [-0.1, -0.05) is 35.6 Å². The van der Waals surface area contributed by atoms with Gasteiger partial charge in [0, 0.05) is 10.6 Å². The summed E-state index contributed by atoms with van der Waals surface area (Å²) in [7, 11) is 0. The first-order chi connectivity index (χ1) is 9.70. The van der Waals surface area contributed by atoms with Crippen molar-refractivity contribution in [3.05, 3.63) is 64.4 Å². The van der Waals surface area contributed by atoms with Gasteiger partial charge in [0.05, 0.1) is 11.4 Å². The molecule has 0 radical (unpaired) electrons. The molecule has 0 aliphatic rings. The summed E-state index contributed by atoms with van der Waals surface area (Å²) in [5.41, 5.74) is 1.12. The van der Waals surface area contributed by atoms with Crippen molar-refractivity contribution < 1.29 is 9.13 Å². The molecule has 0 amide bonds. The Morgan fingerprint density at radius 2 is 1.95 bits per heavy atom. The predicted molar refractivity (Wildman–Crippen MR) is 79.8 cm³/mol. The average Bonchev–Trinajstić information content (AvgIpc) is 2.47. The van der Waals surface area contributed by atoms with Crippen molar-refractivity contribution in [3.63, 3.8) is 0 Å². The molecule has 0 saturated carbocycles. The van der Waals surface area contributed by atoms with Gasteiger partial charge in [0.15, 0.2) is 0 Å². The molecule has 0 aliphatic heterocycles. The van der Waals surface area contributed by atoms with Crippen LogP contribution in [0.1, 0.15) is 11.1 Å². The number of benzene rings is 2. The Morgan fingerprint density at radius 1 is 1.15 bits per heavy atom. The van der Waals surface area contributed by atoms with Crippen LogP contribution in [0.3, 0.4) is 0 Å². The molecule has 2 aromatic carbocycles. The van der Waals surface area contributed by atoms with E-state index in [0.29, 0.717) is 16.3 Å². The first-order valence-corrected chi connectivity index (χ1v) is 6.82. The normalized spacial score (nSPS) is 9.75. The summed E-state index contributed by atoms with van der Waals surface area (Å²) in [6.07, 6.45) is 0. The maximum atomic E-state index is 13.6. The lowest BCUT2D eigenvalue weighted by Gasteiger charge is -2.09. The number of alkyl halides is 1. The van der Waals surface area contributed by atoms with E-state index < -0.39 is 0 Å². The molecule has 0 aliphatic carbocycles. The van der Waals surface area contributed by atoms with Gasteiger partial charge in [0.1, 0.15) is 18.2 Å². The quantitative estimate of drug-likeness (QED) is 0.592. The van der Waals surface area contributed by atoms with Crippen LogP contribution in [-0.2, 0) is 6.61 Å². The van der Waals surface area contributed by atoms with Gasteiger partial charge in [-0.15, -0.1) is 11.6 Å². The third-order valence-corrected chi connectivity index (χ3v) is 2.94. The van der Waals surface area contributed by atoms with Crippen LogP contribution in [0.5, 0.6) is 5.75 Å². The van der Waals surface area contributed by atoms with E-state index >= 15 is 0 Å². The zero-order chi connectivity index (χ0) is 14.4. The number of hydrogen-bond acceptors (Lipinski definition) is 1. The van der Waals surface area contributed by atoms with Crippen molar-refractivity contribution in [2.75, 3.05) is 5.88 Å². The molecule has 2 aromatic rings. The molecule has 102 valence electrons. The maximum Gasteiger partial charge on any atom is 0.135 e. The predicted octanol–water partition coefficient (Wildman–Crippen LogP) is 4.65. The standard InChI is InChI=1S/C16H11Cl2FO/c17-9-3-5-12-4-1-2-6-16(12)20-11-13-10-14(18)7-8-15(13)19/h1-2,4,6-8,10H,9,11H2. The van der Waals surface area contributed by atoms with Crippen molar-refractivity contribution in [1.82, 2.24) is 0 Å². The fourth-order valence-electron chi connectivity index (χ4n) is 1.63. The van der Waals surface area contributed by atoms with Crippen molar-refractivity contribution in [2.24, 2.45) is 0 Å². The smallest absolute Gasteiger partial charge is 0.135 e. The lowest BCUT2D eigenvalue weighted by Crippen LogP contribution is -1.99. The Balaban J connectivity index is 2.17. The minimum Gasteiger partial charge on any atom is -0.487 e. The lowest BCUT2D eigenvalue weighted by molar-refractivity contribution is 0.299. The molecule has 20 heavy (non-hydrogen) atoms. The fraction of sp³-hybridized carbons (Fsp3) is 0.125. The number of halogens is 3. The molecule has 4 heteroatoms. The summed E-state index contributed by atoms with van der Waals surface area (Å²) in [5.74, 6) is 6.15.